The number of benzene rings is 5. The third-order valence-corrected chi connectivity index (χ3v) is 11.5. The van der Waals surface area contributed by atoms with E-state index >= 15 is 0 Å². The van der Waals surface area contributed by atoms with Gasteiger partial charge in [-0.1, -0.05) is 144 Å². The average molecular weight is 632 g/mol. The lowest BCUT2D eigenvalue weighted by Crippen LogP contribution is -2.25. The fraction of sp³-hybridized carbons (Fsp3) is 0.362. The lowest BCUT2D eigenvalue weighted by atomic mass is 9.70. The van der Waals surface area contributed by atoms with Crippen molar-refractivity contribution < 1.29 is 0 Å². The van der Waals surface area contributed by atoms with E-state index in [2.05, 4.69) is 136 Å². The van der Waals surface area contributed by atoms with Crippen LogP contribution in [0.1, 0.15) is 106 Å². The molecule has 0 spiro atoms. The number of fused-ring (bicyclic) bond motifs is 4. The summed E-state index contributed by atoms with van der Waals surface area (Å²) in [5.74, 6) is 0. The van der Waals surface area contributed by atoms with E-state index in [0.717, 1.165) is 0 Å². The predicted molar refractivity (Wildman–Crippen MR) is 208 cm³/mol. The smallest absolute Gasteiger partial charge is 0.0414 e. The monoisotopic (exact) mass is 631 g/mol. The van der Waals surface area contributed by atoms with Gasteiger partial charge in [0.1, 0.15) is 0 Å². The van der Waals surface area contributed by atoms with Gasteiger partial charge in [-0.05, 0) is 119 Å². The zero-order chi connectivity index (χ0) is 33.1. The highest BCUT2D eigenvalue weighted by atomic mass is 15.1. The largest absolute Gasteiger partial charge is 0.345 e. The lowest BCUT2D eigenvalue weighted by molar-refractivity contribution is 0.401. The number of aryl methyl sites for hydroxylation is 3. The van der Waals surface area contributed by atoms with Gasteiger partial charge >= 0.3 is 0 Å². The van der Waals surface area contributed by atoms with Crippen molar-refractivity contribution in [3.63, 3.8) is 0 Å². The maximum absolute atomic E-state index is 2.57. The molecule has 5 aromatic rings. The number of rotatable bonds is 14. The first-order chi connectivity index (χ1) is 23.5. The van der Waals surface area contributed by atoms with Crippen LogP contribution in [0.4, 0.5) is 11.4 Å². The Morgan fingerprint density at radius 3 is 1.79 bits per heavy atom. The van der Waals surface area contributed by atoms with Gasteiger partial charge in [0.15, 0.2) is 0 Å². The second-order valence-corrected chi connectivity index (χ2v) is 14.7. The summed E-state index contributed by atoms with van der Waals surface area (Å²) < 4.78 is 0. The molecule has 0 N–H and O–H groups in total. The van der Waals surface area contributed by atoms with E-state index in [1.807, 2.05) is 0 Å². The summed E-state index contributed by atoms with van der Waals surface area (Å²) >= 11 is 0. The molecule has 0 unspecified atom stereocenters. The van der Waals surface area contributed by atoms with Gasteiger partial charge in [0, 0.05) is 23.8 Å². The van der Waals surface area contributed by atoms with Gasteiger partial charge in [0.05, 0.1) is 0 Å². The number of anilines is 2. The summed E-state index contributed by atoms with van der Waals surface area (Å²) in [4.78, 5) is 2.31. The maximum Gasteiger partial charge on any atom is 0.0414 e. The molecule has 2 aliphatic carbocycles. The minimum atomic E-state index is 0.110. The molecule has 5 aromatic carbocycles. The van der Waals surface area contributed by atoms with Crippen LogP contribution in [0.25, 0.3) is 33.4 Å². The van der Waals surface area contributed by atoms with Crippen molar-refractivity contribution in [3.8, 4) is 33.4 Å². The van der Waals surface area contributed by atoms with Crippen molar-refractivity contribution >= 4 is 11.4 Å². The van der Waals surface area contributed by atoms with Crippen molar-refractivity contribution in [2.24, 2.45) is 0 Å². The van der Waals surface area contributed by atoms with Gasteiger partial charge < -0.3 is 4.90 Å². The summed E-state index contributed by atoms with van der Waals surface area (Å²) in [6, 6.07) is 39.8. The third kappa shape index (κ3) is 6.25. The Balaban J connectivity index is 1.18. The molecule has 0 amide bonds. The van der Waals surface area contributed by atoms with E-state index in [0.29, 0.717) is 0 Å². The minimum absolute atomic E-state index is 0.110. The van der Waals surface area contributed by atoms with E-state index in [1.54, 1.807) is 11.1 Å². The Morgan fingerprint density at radius 2 is 1.12 bits per heavy atom. The SMILES string of the molecule is CCCCCCC1(CCCCCC)c2cc(C)ccc2-c2ccc(-c3ccc(N(C)c4cccc(-c5ccc6c(c5)CC6)c4)cc3)cc21. The zero-order valence-electron chi connectivity index (χ0n) is 29.7. The van der Waals surface area contributed by atoms with Crippen LogP contribution < -0.4 is 4.90 Å². The second kappa shape index (κ2) is 14.2. The molecule has 1 nitrogen and oxygen atoms in total. The lowest BCUT2D eigenvalue weighted by Gasteiger charge is -2.33. The van der Waals surface area contributed by atoms with Crippen LogP contribution in [0.2, 0.25) is 0 Å². The highest BCUT2D eigenvalue weighted by Crippen LogP contribution is 2.55. The first-order valence-corrected chi connectivity index (χ1v) is 18.8. The van der Waals surface area contributed by atoms with Crippen LogP contribution in [0.3, 0.4) is 0 Å². The highest BCUT2D eigenvalue weighted by molar-refractivity contribution is 5.84. The summed E-state index contributed by atoms with van der Waals surface area (Å²) in [5, 5.41) is 0. The normalized spacial score (nSPS) is 13.8. The maximum atomic E-state index is 2.57. The predicted octanol–water partition coefficient (Wildman–Crippen LogP) is 13.4. The molecular formula is C47H53N. The highest BCUT2D eigenvalue weighted by Gasteiger charge is 2.42. The molecule has 0 bridgehead atoms. The third-order valence-electron chi connectivity index (χ3n) is 11.5. The summed E-state index contributed by atoms with van der Waals surface area (Å²) in [5.41, 5.74) is 18.3. The Kier molecular flexibility index (Phi) is 9.58. The summed E-state index contributed by atoms with van der Waals surface area (Å²) in [7, 11) is 2.19. The van der Waals surface area contributed by atoms with E-state index in [9.17, 15) is 0 Å². The molecule has 0 radical (unpaired) electrons. The van der Waals surface area contributed by atoms with E-state index < -0.39 is 0 Å². The second-order valence-electron chi connectivity index (χ2n) is 14.7. The molecule has 0 aliphatic heterocycles. The van der Waals surface area contributed by atoms with E-state index in [4.69, 9.17) is 0 Å². The van der Waals surface area contributed by atoms with E-state index in [1.165, 1.54) is 138 Å². The minimum Gasteiger partial charge on any atom is -0.345 e. The number of unbranched alkanes of at least 4 members (excludes halogenated alkanes) is 6. The van der Waals surface area contributed by atoms with E-state index in [-0.39, 0.29) is 5.41 Å². The van der Waals surface area contributed by atoms with Crippen LogP contribution in [0.5, 0.6) is 0 Å². The molecule has 0 fully saturated rings. The number of nitrogens with zero attached hydrogens (tertiary/aromatic N) is 1. The van der Waals surface area contributed by atoms with Gasteiger partial charge in [-0.25, -0.2) is 0 Å². The van der Waals surface area contributed by atoms with Crippen molar-refractivity contribution in [1.82, 2.24) is 0 Å². The quantitative estimate of drug-likeness (QED) is 0.110. The van der Waals surface area contributed by atoms with Crippen LogP contribution in [-0.2, 0) is 18.3 Å². The standard InChI is InChI=1S/C47H53N/c1-5-7-9-11-28-47(29-12-10-8-6-2)45-30-34(3)16-26-43(45)44-27-23-40(33-46(44)47)36-21-24-41(25-22-36)48(4)42-15-13-14-37(32-42)39-20-18-35-17-19-38(35)31-39/h13-16,18,20-27,30-33H,5-12,17,19,28-29H2,1-4H3. The molecule has 0 aromatic heterocycles. The van der Waals surface area contributed by atoms with Gasteiger partial charge in [0.2, 0.25) is 0 Å². The molecule has 0 saturated heterocycles. The van der Waals surface area contributed by atoms with Crippen LogP contribution in [0, 0.1) is 6.92 Å². The Morgan fingerprint density at radius 1 is 0.521 bits per heavy atom. The fourth-order valence-corrected chi connectivity index (χ4v) is 8.45. The van der Waals surface area contributed by atoms with Crippen molar-refractivity contribution in [1.29, 1.82) is 0 Å². The molecular weight excluding hydrogens is 579 g/mol. The molecule has 2 aliphatic rings. The topological polar surface area (TPSA) is 3.24 Å². The van der Waals surface area contributed by atoms with Crippen molar-refractivity contribution in [3.05, 3.63) is 131 Å². The first-order valence-electron chi connectivity index (χ1n) is 18.8. The first kappa shape index (κ1) is 32.4. The number of hydrogen-bond acceptors (Lipinski definition) is 1. The Hall–Kier alpha value is -4.10. The molecule has 246 valence electrons. The molecule has 48 heavy (non-hydrogen) atoms. The Labute approximate surface area is 290 Å². The van der Waals surface area contributed by atoms with Gasteiger partial charge in [-0.2, -0.15) is 0 Å². The molecule has 1 heteroatoms. The summed E-state index contributed by atoms with van der Waals surface area (Å²) in [6.07, 6.45) is 15.4. The van der Waals surface area contributed by atoms with Gasteiger partial charge in [-0.15, -0.1) is 0 Å². The van der Waals surface area contributed by atoms with Gasteiger partial charge in [0.25, 0.3) is 0 Å². The molecule has 0 heterocycles. The fourth-order valence-electron chi connectivity index (χ4n) is 8.45. The van der Waals surface area contributed by atoms with Gasteiger partial charge in [-0.3, -0.25) is 0 Å². The molecule has 0 saturated carbocycles. The van der Waals surface area contributed by atoms with Crippen molar-refractivity contribution in [2.45, 2.75) is 103 Å². The number of hydrogen-bond donors (Lipinski definition) is 0. The van der Waals surface area contributed by atoms with Crippen LogP contribution in [0.15, 0.2) is 103 Å². The average Bonchev–Trinajstić information content (AvgIpc) is 3.37. The van der Waals surface area contributed by atoms with Crippen molar-refractivity contribution in [2.75, 3.05) is 11.9 Å². The Bertz CT molecular complexity index is 1860. The molecule has 7 rings (SSSR count). The summed E-state index contributed by atoms with van der Waals surface area (Å²) in [6.45, 7) is 6.92. The molecule has 0 atom stereocenters. The van der Waals surface area contributed by atoms with Crippen LogP contribution >= 0.6 is 0 Å². The van der Waals surface area contributed by atoms with Crippen LogP contribution in [-0.4, -0.2) is 7.05 Å². The zero-order valence-corrected chi connectivity index (χ0v) is 29.7.